The summed E-state index contributed by atoms with van der Waals surface area (Å²) in [5.74, 6) is 2.39. The molecule has 4 nitrogen and oxygen atoms in total. The Morgan fingerprint density at radius 1 is 1.11 bits per heavy atom. The van der Waals surface area contributed by atoms with Gasteiger partial charge in [0.25, 0.3) is 0 Å². The standard InChI is InChI=1S/C23H21N3O/c1-15-10-11-21-19(12-15)22(20(14-24)23(25)26-21)16-6-5-9-18(13-16)27-17-7-3-2-4-8-17/h2-9,13,15H,10-12H2,1H3,(H2,25,26). The molecule has 1 unspecified atom stereocenters. The van der Waals surface area contributed by atoms with Gasteiger partial charge in [-0.1, -0.05) is 37.3 Å². The van der Waals surface area contributed by atoms with Crippen LogP contribution in [0.5, 0.6) is 11.5 Å². The Morgan fingerprint density at radius 2 is 1.89 bits per heavy atom. The number of para-hydroxylation sites is 1. The number of anilines is 1. The molecule has 0 fully saturated rings. The van der Waals surface area contributed by atoms with E-state index in [1.165, 1.54) is 0 Å². The molecule has 0 spiro atoms. The Morgan fingerprint density at radius 3 is 2.67 bits per heavy atom. The number of nitrogen functional groups attached to an aromatic ring is 1. The van der Waals surface area contributed by atoms with Crippen molar-refractivity contribution in [3.63, 3.8) is 0 Å². The minimum Gasteiger partial charge on any atom is -0.457 e. The molecule has 0 amide bonds. The van der Waals surface area contributed by atoms with Gasteiger partial charge in [-0.3, -0.25) is 0 Å². The molecule has 2 N–H and O–H groups in total. The summed E-state index contributed by atoms with van der Waals surface area (Å²) in [6, 6.07) is 19.8. The second kappa shape index (κ2) is 7.13. The van der Waals surface area contributed by atoms with E-state index in [1.54, 1.807) is 0 Å². The van der Waals surface area contributed by atoms with Crippen molar-refractivity contribution in [2.24, 2.45) is 5.92 Å². The van der Waals surface area contributed by atoms with E-state index in [-0.39, 0.29) is 0 Å². The summed E-state index contributed by atoms with van der Waals surface area (Å²) in [7, 11) is 0. The van der Waals surface area contributed by atoms with Gasteiger partial charge in [0.1, 0.15) is 28.9 Å². The van der Waals surface area contributed by atoms with Crippen LogP contribution < -0.4 is 10.5 Å². The molecule has 0 radical (unpaired) electrons. The van der Waals surface area contributed by atoms with Crippen molar-refractivity contribution in [1.29, 1.82) is 5.26 Å². The molecule has 1 aliphatic carbocycles. The maximum Gasteiger partial charge on any atom is 0.142 e. The number of hydrogen-bond donors (Lipinski definition) is 1. The largest absolute Gasteiger partial charge is 0.457 e. The van der Waals surface area contributed by atoms with Crippen molar-refractivity contribution >= 4 is 5.82 Å². The quantitative estimate of drug-likeness (QED) is 0.708. The van der Waals surface area contributed by atoms with Crippen LogP contribution >= 0.6 is 0 Å². The number of hydrogen-bond acceptors (Lipinski definition) is 4. The van der Waals surface area contributed by atoms with Gasteiger partial charge in [-0.2, -0.15) is 5.26 Å². The zero-order chi connectivity index (χ0) is 18.8. The van der Waals surface area contributed by atoms with E-state index >= 15 is 0 Å². The summed E-state index contributed by atoms with van der Waals surface area (Å²) in [6.45, 7) is 2.24. The van der Waals surface area contributed by atoms with Crippen LogP contribution in [-0.2, 0) is 12.8 Å². The summed E-state index contributed by atoms with van der Waals surface area (Å²) in [6.07, 6.45) is 2.91. The number of nitrogens with zero attached hydrogens (tertiary/aromatic N) is 2. The van der Waals surface area contributed by atoms with Gasteiger partial charge in [-0.05, 0) is 60.6 Å². The number of ether oxygens (including phenoxy) is 1. The zero-order valence-corrected chi connectivity index (χ0v) is 15.3. The van der Waals surface area contributed by atoms with E-state index in [9.17, 15) is 5.26 Å². The van der Waals surface area contributed by atoms with E-state index in [0.717, 1.165) is 53.1 Å². The molecule has 4 heteroatoms. The highest BCUT2D eigenvalue weighted by molar-refractivity contribution is 5.80. The summed E-state index contributed by atoms with van der Waals surface area (Å²) in [5.41, 5.74) is 10.6. The molecule has 1 aromatic heterocycles. The molecule has 1 aliphatic rings. The lowest BCUT2D eigenvalue weighted by molar-refractivity contribution is 0.483. The number of fused-ring (bicyclic) bond motifs is 1. The van der Waals surface area contributed by atoms with Crippen LogP contribution in [0, 0.1) is 17.2 Å². The first-order valence-corrected chi connectivity index (χ1v) is 9.20. The predicted molar refractivity (Wildman–Crippen MR) is 107 cm³/mol. The number of rotatable bonds is 3. The first-order valence-electron chi connectivity index (χ1n) is 9.20. The van der Waals surface area contributed by atoms with Gasteiger partial charge in [0.15, 0.2) is 0 Å². The fraction of sp³-hybridized carbons (Fsp3) is 0.217. The van der Waals surface area contributed by atoms with Crippen LogP contribution in [0.25, 0.3) is 11.1 Å². The first kappa shape index (κ1) is 17.1. The third-order valence-electron chi connectivity index (χ3n) is 5.05. The van der Waals surface area contributed by atoms with Gasteiger partial charge in [-0.15, -0.1) is 0 Å². The molecule has 134 valence electrons. The molecule has 0 saturated carbocycles. The van der Waals surface area contributed by atoms with Crippen molar-refractivity contribution in [1.82, 2.24) is 4.98 Å². The second-order valence-corrected chi connectivity index (χ2v) is 7.08. The summed E-state index contributed by atoms with van der Waals surface area (Å²) >= 11 is 0. The number of benzene rings is 2. The molecule has 3 aromatic rings. The number of nitriles is 1. The van der Waals surface area contributed by atoms with E-state index in [2.05, 4.69) is 18.0 Å². The summed E-state index contributed by atoms with van der Waals surface area (Å²) in [5, 5.41) is 9.73. The van der Waals surface area contributed by atoms with E-state index in [0.29, 0.717) is 17.3 Å². The van der Waals surface area contributed by atoms with Crippen molar-refractivity contribution in [3.8, 4) is 28.7 Å². The fourth-order valence-corrected chi connectivity index (χ4v) is 3.72. The summed E-state index contributed by atoms with van der Waals surface area (Å²) < 4.78 is 5.98. The first-order chi connectivity index (χ1) is 13.2. The Kier molecular flexibility index (Phi) is 4.52. The Labute approximate surface area is 159 Å². The van der Waals surface area contributed by atoms with Gasteiger partial charge in [0.2, 0.25) is 0 Å². The molecular formula is C23H21N3O. The highest BCUT2D eigenvalue weighted by atomic mass is 16.5. The van der Waals surface area contributed by atoms with E-state index < -0.39 is 0 Å². The van der Waals surface area contributed by atoms with Crippen LogP contribution in [-0.4, -0.2) is 4.98 Å². The highest BCUT2D eigenvalue weighted by Gasteiger charge is 2.24. The lowest BCUT2D eigenvalue weighted by atomic mass is 9.82. The van der Waals surface area contributed by atoms with Crippen LogP contribution in [0.4, 0.5) is 5.82 Å². The molecule has 4 rings (SSSR count). The van der Waals surface area contributed by atoms with Crippen molar-refractivity contribution < 1.29 is 4.74 Å². The molecule has 0 aliphatic heterocycles. The monoisotopic (exact) mass is 355 g/mol. The molecule has 0 saturated heterocycles. The van der Waals surface area contributed by atoms with Crippen molar-refractivity contribution in [3.05, 3.63) is 71.4 Å². The lowest BCUT2D eigenvalue weighted by Crippen LogP contribution is -2.16. The minimum atomic E-state index is 0.315. The maximum absolute atomic E-state index is 9.73. The third-order valence-corrected chi connectivity index (χ3v) is 5.05. The number of aromatic nitrogens is 1. The van der Waals surface area contributed by atoms with Crippen LogP contribution in [0.15, 0.2) is 54.6 Å². The van der Waals surface area contributed by atoms with Crippen LogP contribution in [0.2, 0.25) is 0 Å². The normalized spacial score (nSPS) is 15.6. The van der Waals surface area contributed by atoms with Gasteiger partial charge in [-0.25, -0.2) is 4.98 Å². The number of pyridine rings is 1. The van der Waals surface area contributed by atoms with Gasteiger partial charge in [0, 0.05) is 11.3 Å². The minimum absolute atomic E-state index is 0.315. The van der Waals surface area contributed by atoms with Crippen molar-refractivity contribution in [2.75, 3.05) is 5.73 Å². The smallest absolute Gasteiger partial charge is 0.142 e. The number of aryl methyl sites for hydroxylation is 1. The molecule has 2 aromatic carbocycles. The maximum atomic E-state index is 9.73. The van der Waals surface area contributed by atoms with Gasteiger partial charge < -0.3 is 10.5 Å². The average molecular weight is 355 g/mol. The molecule has 27 heavy (non-hydrogen) atoms. The SMILES string of the molecule is CC1CCc2nc(N)c(C#N)c(-c3cccc(Oc4ccccc4)c3)c2C1. The Bertz CT molecular complexity index is 1020. The molecule has 1 heterocycles. The zero-order valence-electron chi connectivity index (χ0n) is 15.3. The third kappa shape index (κ3) is 3.37. The van der Waals surface area contributed by atoms with E-state index in [4.69, 9.17) is 10.5 Å². The average Bonchev–Trinajstić information content (AvgIpc) is 2.68. The van der Waals surface area contributed by atoms with E-state index in [1.807, 2.05) is 54.6 Å². The highest BCUT2D eigenvalue weighted by Crippen LogP contribution is 2.38. The lowest BCUT2D eigenvalue weighted by Gasteiger charge is -2.25. The summed E-state index contributed by atoms with van der Waals surface area (Å²) in [4.78, 5) is 4.52. The predicted octanol–water partition coefficient (Wildman–Crippen LogP) is 5.12. The molecule has 0 bridgehead atoms. The van der Waals surface area contributed by atoms with Gasteiger partial charge in [0.05, 0.1) is 0 Å². The molecule has 1 atom stereocenters. The Hall–Kier alpha value is -3.32. The Balaban J connectivity index is 1.83. The van der Waals surface area contributed by atoms with Crippen LogP contribution in [0.3, 0.4) is 0 Å². The van der Waals surface area contributed by atoms with Crippen LogP contribution in [0.1, 0.15) is 30.2 Å². The van der Waals surface area contributed by atoms with Gasteiger partial charge >= 0.3 is 0 Å². The second-order valence-electron chi connectivity index (χ2n) is 7.08. The number of nitrogens with two attached hydrogens (primary N) is 1. The molecular weight excluding hydrogens is 334 g/mol. The fourth-order valence-electron chi connectivity index (χ4n) is 3.72. The topological polar surface area (TPSA) is 71.9 Å². The van der Waals surface area contributed by atoms with Crippen molar-refractivity contribution in [2.45, 2.75) is 26.2 Å².